The van der Waals surface area contributed by atoms with Gasteiger partial charge in [-0.05, 0) is 0 Å². The van der Waals surface area contributed by atoms with Gasteiger partial charge in [-0.15, -0.1) is 0 Å². The third-order valence-corrected chi connectivity index (χ3v) is 15.1. The van der Waals surface area contributed by atoms with Crippen molar-refractivity contribution in [3.05, 3.63) is 0 Å². The summed E-state index contributed by atoms with van der Waals surface area (Å²) in [5.74, 6) is 0. The summed E-state index contributed by atoms with van der Waals surface area (Å²) in [6, 6.07) is 0. The van der Waals surface area contributed by atoms with Gasteiger partial charge in [0.2, 0.25) is 0 Å². The van der Waals surface area contributed by atoms with Gasteiger partial charge in [0.1, 0.15) is 0 Å². The molecule has 0 spiro atoms. The minimum atomic E-state index is -4.89. The zero-order valence-corrected chi connectivity index (χ0v) is 29.0. The maximum absolute atomic E-state index is 8.79. The van der Waals surface area contributed by atoms with E-state index in [1.807, 2.05) is 0 Å². The molecular weight excluding hydrogens is 795 g/mol. The van der Waals surface area contributed by atoms with Crippen LogP contribution < -0.4 is 0 Å². The molecule has 0 fully saturated rings. The van der Waals surface area contributed by atoms with Crippen molar-refractivity contribution in [1.82, 2.24) is 0 Å². The molecule has 33 heteroatoms. The number of hydrogen-bond acceptors (Lipinski definition) is 21. The van der Waals surface area contributed by atoms with Crippen molar-refractivity contribution in [3.8, 4) is 0 Å². The predicted octanol–water partition coefficient (Wildman–Crippen LogP) is -8.09. The zero-order valence-electron chi connectivity index (χ0n) is 19.4. The number of aliphatic hydroxyl groups is 3. The Morgan fingerprint density at radius 3 is 0.333 bits per heavy atom. The van der Waals surface area contributed by atoms with E-state index in [-0.39, 0.29) is 72.1 Å². The van der Waals surface area contributed by atoms with Gasteiger partial charge in [-0.25, -0.2) is 0 Å². The van der Waals surface area contributed by atoms with E-state index in [2.05, 4.69) is 0 Å². The standard InChI is InChI=1S/3C2H10O7P2.3H2O.3V/c3*1-2(3,10(4,5)6)11(7,8)9;;;;;;/h3*3-9H,1H3;3*1H2;;;/q3*+2;;;;;;. The van der Waals surface area contributed by atoms with Crippen LogP contribution in [0.2, 0.25) is 0 Å². The van der Waals surface area contributed by atoms with Crippen molar-refractivity contribution in [3.63, 3.8) is 0 Å². The molecule has 0 saturated carbocycles. The van der Waals surface area contributed by atoms with E-state index in [9.17, 15) is 0 Å². The Kier molecular flexibility index (Phi) is 34.2. The minimum absolute atomic E-state index is 0. The number of hydrogen-bond donors (Lipinski definition) is 21. The molecule has 0 atom stereocenters. The van der Waals surface area contributed by atoms with Gasteiger partial charge in [-0.1, -0.05) is 0 Å². The van der Waals surface area contributed by atoms with E-state index in [0.29, 0.717) is 20.8 Å². The second-order valence-electron chi connectivity index (χ2n) is 6.32. The summed E-state index contributed by atoms with van der Waals surface area (Å²) < 4.78 is 0. The van der Waals surface area contributed by atoms with Crippen LogP contribution in [0.4, 0.5) is 0 Å². The van der Waals surface area contributed by atoms with Crippen LogP contribution in [0.5, 0.6) is 0 Å². The van der Waals surface area contributed by atoms with Crippen LogP contribution in [0.3, 0.4) is 0 Å². The molecule has 3 radical (unpaired) electrons. The largest absolute Gasteiger partial charge is 0.488 e. The van der Waals surface area contributed by atoms with Crippen molar-refractivity contribution in [2.75, 3.05) is 0 Å². The maximum atomic E-state index is 8.79. The zero-order chi connectivity index (χ0) is 28.5. The van der Waals surface area contributed by atoms with Gasteiger partial charge in [-0.2, -0.15) is 88.1 Å². The Morgan fingerprint density at radius 1 is 0.282 bits per heavy atom. The minimum Gasteiger partial charge on any atom is -0.412 e. The second-order valence-corrected chi connectivity index (χ2v) is 19.4. The van der Waals surface area contributed by atoms with E-state index < -0.39 is 62.9 Å². The van der Waals surface area contributed by atoms with Crippen LogP contribution in [0.15, 0.2) is 0 Å². The van der Waals surface area contributed by atoms with Crippen LogP contribution in [0, 0.1) is 0 Å². The molecule has 39 heavy (non-hydrogen) atoms. The third-order valence-electron chi connectivity index (χ3n) is 3.41. The molecular formula is C6H36O24P6V3+6. The first-order chi connectivity index (χ1) is 13.5. The van der Waals surface area contributed by atoms with Crippen molar-refractivity contribution in [1.29, 1.82) is 0 Å². The Balaban J connectivity index is -0.0000000459. The molecule has 0 aliphatic heterocycles. The van der Waals surface area contributed by atoms with Gasteiger partial charge in [0.25, 0.3) is 0 Å². The fraction of sp³-hybridized carbons (Fsp3) is 1.00. The molecule has 0 bridgehead atoms. The van der Waals surface area contributed by atoms with E-state index in [4.69, 9.17) is 103 Å². The van der Waals surface area contributed by atoms with Gasteiger partial charge in [0, 0.05) is 55.7 Å². The smallest absolute Gasteiger partial charge is 0.412 e. The second kappa shape index (κ2) is 20.5. The van der Waals surface area contributed by atoms with E-state index in [1.165, 1.54) is 0 Å². The Labute approximate surface area is 258 Å². The van der Waals surface area contributed by atoms with Crippen molar-refractivity contribution in [2.24, 2.45) is 0 Å². The van der Waals surface area contributed by atoms with E-state index >= 15 is 0 Å². The van der Waals surface area contributed by atoms with Gasteiger partial charge < -0.3 is 31.7 Å². The van der Waals surface area contributed by atoms with Gasteiger partial charge in [0.05, 0.1) is 20.8 Å². The van der Waals surface area contributed by atoms with Gasteiger partial charge >= 0.3 is 62.9 Å². The van der Waals surface area contributed by atoms with Gasteiger partial charge in [-0.3, -0.25) is 0 Å². The van der Waals surface area contributed by atoms with E-state index in [0.717, 1.165) is 0 Å². The SMILES string of the molecule is CC(O)([P+](O)(O)O)[P+](O)(O)O.CC(O)([P+](O)(O)O)[P+](O)(O)O.CC(O)([P+](O)(O)O)[P+](O)(O)O.O.O.O.[V].[V].[V]. The van der Waals surface area contributed by atoms with Crippen molar-refractivity contribution in [2.45, 2.75) is 36.0 Å². The molecule has 243 valence electrons. The quantitative estimate of drug-likeness (QED) is 0.111. The molecule has 27 N–H and O–H groups in total. The molecule has 0 rings (SSSR count). The molecule has 24 nitrogen and oxygen atoms in total. The summed E-state index contributed by atoms with van der Waals surface area (Å²) in [5.41, 5.74) is 0. The van der Waals surface area contributed by atoms with Crippen LogP contribution in [-0.4, -0.2) is 135 Å². The molecule has 0 amide bonds. The Hall–Kier alpha value is 3.37. The predicted molar refractivity (Wildman–Crippen MR) is 124 cm³/mol. The topological polar surface area (TPSA) is 519 Å². The number of rotatable bonds is 6. The molecule has 0 aliphatic carbocycles. The summed E-state index contributed by atoms with van der Waals surface area (Å²) in [6.45, 7) is 1.53. The first kappa shape index (κ1) is 65.1. The fourth-order valence-electron chi connectivity index (χ4n) is 0.540. The Bertz CT molecular complexity index is 479. The van der Waals surface area contributed by atoms with Crippen LogP contribution >= 0.6 is 47.7 Å². The van der Waals surface area contributed by atoms with Crippen molar-refractivity contribution >= 4 is 47.7 Å². The van der Waals surface area contributed by atoms with Crippen LogP contribution in [0.25, 0.3) is 0 Å². The first-order valence-electron chi connectivity index (χ1n) is 7.11. The van der Waals surface area contributed by atoms with Crippen LogP contribution in [0.1, 0.15) is 20.8 Å². The van der Waals surface area contributed by atoms with Crippen molar-refractivity contribution < 1.29 is 175 Å². The third kappa shape index (κ3) is 19.5. The summed E-state index contributed by atoms with van der Waals surface area (Å²) in [7, 11) is -29.3. The molecule has 0 heterocycles. The maximum Gasteiger partial charge on any atom is 0.488 e. The summed E-state index contributed by atoms with van der Waals surface area (Å²) in [6.07, 6.45) is 0. The molecule has 0 saturated heterocycles. The van der Waals surface area contributed by atoms with Gasteiger partial charge in [0.15, 0.2) is 0 Å². The fourth-order valence-corrected chi connectivity index (χ4v) is 4.86. The summed E-state index contributed by atoms with van der Waals surface area (Å²) >= 11 is 0. The average molecular weight is 831 g/mol. The molecule has 0 aliphatic rings. The Morgan fingerprint density at radius 2 is 0.333 bits per heavy atom. The molecule has 0 aromatic carbocycles. The monoisotopic (exact) mass is 831 g/mol. The first-order valence-corrected chi connectivity index (χ1v) is 17.0. The molecule has 0 unspecified atom stereocenters. The summed E-state index contributed by atoms with van der Waals surface area (Å²) in [5, 5.41) is 17.2. The van der Waals surface area contributed by atoms with E-state index in [1.54, 1.807) is 0 Å². The molecule has 0 aromatic rings. The average Bonchev–Trinajstić information content (AvgIpc) is 2.41. The molecule has 0 aromatic heterocycles. The summed E-state index contributed by atoms with van der Waals surface area (Å²) in [4.78, 5) is 151. The van der Waals surface area contributed by atoms with Crippen LogP contribution in [-0.2, 0) is 55.7 Å². The normalized spacial score (nSPS) is 12.9.